The predicted octanol–water partition coefficient (Wildman–Crippen LogP) is 2.60. The van der Waals surface area contributed by atoms with Gasteiger partial charge in [0.25, 0.3) is 0 Å². The Bertz CT molecular complexity index is 514. The predicted molar refractivity (Wildman–Crippen MR) is 57.8 cm³/mol. The van der Waals surface area contributed by atoms with Crippen LogP contribution in [0.25, 0.3) is 11.1 Å². The first-order valence-corrected chi connectivity index (χ1v) is 4.69. The molecular weight excluding hydrogens is 209 g/mol. The number of ether oxygens (including phenoxy) is 1. The van der Waals surface area contributed by atoms with Crippen LogP contribution in [0.2, 0.25) is 0 Å². The maximum Gasteiger partial charge on any atom is 0.172 e. The number of hydrogen-bond donors (Lipinski definition) is 1. The Morgan fingerprint density at radius 2 is 2.12 bits per heavy atom. The highest BCUT2D eigenvalue weighted by molar-refractivity contribution is 5.66. The topological polar surface area (TPSA) is 42.4 Å². The van der Waals surface area contributed by atoms with Crippen molar-refractivity contribution in [3.05, 3.63) is 42.5 Å². The van der Waals surface area contributed by atoms with E-state index in [1.165, 1.54) is 31.6 Å². The van der Waals surface area contributed by atoms with E-state index in [4.69, 9.17) is 4.74 Å². The summed E-state index contributed by atoms with van der Waals surface area (Å²) in [7, 11) is 1.41. The molecule has 0 amide bonds. The molecule has 4 heteroatoms. The first kappa shape index (κ1) is 10.4. The first-order valence-electron chi connectivity index (χ1n) is 4.69. The van der Waals surface area contributed by atoms with Crippen LogP contribution in [0.1, 0.15) is 0 Å². The van der Waals surface area contributed by atoms with Gasteiger partial charge in [-0.05, 0) is 12.1 Å². The average molecular weight is 219 g/mol. The molecule has 1 aromatic heterocycles. The molecular formula is C12H10FNO2. The molecule has 0 aliphatic rings. The molecule has 1 aromatic carbocycles. The lowest BCUT2D eigenvalue weighted by atomic mass is 10.1. The fraction of sp³-hybridized carbons (Fsp3) is 0.0833. The highest BCUT2D eigenvalue weighted by Crippen LogP contribution is 2.29. The fourth-order valence-electron chi connectivity index (χ4n) is 1.47. The highest BCUT2D eigenvalue weighted by atomic mass is 19.1. The number of nitrogens with zero attached hydrogens (tertiary/aromatic N) is 1. The number of rotatable bonds is 2. The molecule has 16 heavy (non-hydrogen) atoms. The quantitative estimate of drug-likeness (QED) is 0.844. The third-order valence-corrected chi connectivity index (χ3v) is 2.22. The van der Waals surface area contributed by atoms with Crippen molar-refractivity contribution >= 4 is 0 Å². The van der Waals surface area contributed by atoms with Gasteiger partial charge in [0.05, 0.1) is 13.3 Å². The Hall–Kier alpha value is -2.10. The molecule has 0 spiro atoms. The van der Waals surface area contributed by atoms with Gasteiger partial charge in [0.15, 0.2) is 11.6 Å². The molecule has 0 radical (unpaired) electrons. The number of aromatic hydroxyl groups is 1. The van der Waals surface area contributed by atoms with Crippen LogP contribution in [0.3, 0.4) is 0 Å². The maximum atomic E-state index is 13.9. The SMILES string of the molecule is COc1cccc(-c2cncc(O)c2)c1F. The number of pyridine rings is 1. The third kappa shape index (κ3) is 1.82. The van der Waals surface area contributed by atoms with Gasteiger partial charge in [-0.1, -0.05) is 12.1 Å². The van der Waals surface area contributed by atoms with Crippen LogP contribution in [0.15, 0.2) is 36.7 Å². The zero-order valence-corrected chi connectivity index (χ0v) is 8.64. The second-order valence-corrected chi connectivity index (χ2v) is 3.25. The highest BCUT2D eigenvalue weighted by Gasteiger charge is 2.10. The minimum atomic E-state index is -0.461. The van der Waals surface area contributed by atoms with Crippen LogP contribution in [0.4, 0.5) is 4.39 Å². The van der Waals surface area contributed by atoms with Gasteiger partial charge in [0.2, 0.25) is 0 Å². The van der Waals surface area contributed by atoms with Crippen molar-refractivity contribution in [2.75, 3.05) is 7.11 Å². The first-order chi connectivity index (χ1) is 7.72. The number of benzene rings is 1. The molecule has 1 heterocycles. The molecule has 82 valence electrons. The summed E-state index contributed by atoms with van der Waals surface area (Å²) in [5.41, 5.74) is 0.860. The van der Waals surface area contributed by atoms with Crippen molar-refractivity contribution in [2.24, 2.45) is 0 Å². The molecule has 0 unspecified atom stereocenters. The smallest absolute Gasteiger partial charge is 0.172 e. The minimum Gasteiger partial charge on any atom is -0.506 e. The van der Waals surface area contributed by atoms with Crippen molar-refractivity contribution in [1.29, 1.82) is 0 Å². The van der Waals surface area contributed by atoms with Crippen LogP contribution < -0.4 is 4.74 Å². The van der Waals surface area contributed by atoms with Crippen LogP contribution in [-0.4, -0.2) is 17.2 Å². The van der Waals surface area contributed by atoms with E-state index < -0.39 is 5.82 Å². The zero-order chi connectivity index (χ0) is 11.5. The van der Waals surface area contributed by atoms with Crippen LogP contribution in [0, 0.1) is 5.82 Å². The summed E-state index contributed by atoms with van der Waals surface area (Å²) in [5, 5.41) is 9.28. The lowest BCUT2D eigenvalue weighted by molar-refractivity contribution is 0.387. The maximum absolute atomic E-state index is 13.9. The summed E-state index contributed by atoms with van der Waals surface area (Å²) in [6.07, 6.45) is 2.78. The molecule has 0 bridgehead atoms. The Labute approximate surface area is 92.1 Å². The zero-order valence-electron chi connectivity index (χ0n) is 8.64. The number of aromatic nitrogens is 1. The van der Waals surface area contributed by atoms with Gasteiger partial charge >= 0.3 is 0 Å². The lowest BCUT2D eigenvalue weighted by Gasteiger charge is -2.07. The normalized spacial score (nSPS) is 10.1. The minimum absolute atomic E-state index is 0.000259. The van der Waals surface area contributed by atoms with Crippen LogP contribution in [0.5, 0.6) is 11.5 Å². The van der Waals surface area contributed by atoms with Gasteiger partial charge in [-0.15, -0.1) is 0 Å². The Kier molecular flexibility index (Phi) is 2.72. The second-order valence-electron chi connectivity index (χ2n) is 3.25. The van der Waals surface area contributed by atoms with E-state index in [1.54, 1.807) is 12.1 Å². The standard InChI is InChI=1S/C12H10FNO2/c1-16-11-4-2-3-10(12(11)13)8-5-9(15)7-14-6-8/h2-7,15H,1H3. The average Bonchev–Trinajstić information content (AvgIpc) is 2.29. The van der Waals surface area contributed by atoms with Gasteiger partial charge in [0.1, 0.15) is 5.75 Å². The molecule has 0 aliphatic heterocycles. The molecule has 0 atom stereocenters. The van der Waals surface area contributed by atoms with E-state index in [1.807, 2.05) is 0 Å². The van der Waals surface area contributed by atoms with Crippen molar-refractivity contribution in [2.45, 2.75) is 0 Å². The van der Waals surface area contributed by atoms with E-state index in [2.05, 4.69) is 4.98 Å². The molecule has 0 saturated heterocycles. The number of methoxy groups -OCH3 is 1. The molecule has 0 saturated carbocycles. The summed E-state index contributed by atoms with van der Waals surface area (Å²) < 4.78 is 18.7. The molecule has 2 rings (SSSR count). The van der Waals surface area contributed by atoms with Gasteiger partial charge in [0, 0.05) is 17.3 Å². The second kappa shape index (κ2) is 4.18. The molecule has 0 aliphatic carbocycles. The summed E-state index contributed by atoms with van der Waals surface area (Å²) in [6.45, 7) is 0. The van der Waals surface area contributed by atoms with Crippen LogP contribution >= 0.6 is 0 Å². The van der Waals surface area contributed by atoms with E-state index in [0.717, 1.165) is 0 Å². The summed E-state index contributed by atoms with van der Waals surface area (Å²) >= 11 is 0. The van der Waals surface area contributed by atoms with E-state index in [0.29, 0.717) is 11.1 Å². The third-order valence-electron chi connectivity index (χ3n) is 2.22. The van der Waals surface area contributed by atoms with Crippen molar-refractivity contribution in [3.8, 4) is 22.6 Å². The van der Waals surface area contributed by atoms with E-state index in [9.17, 15) is 9.50 Å². The number of hydrogen-bond acceptors (Lipinski definition) is 3. The van der Waals surface area contributed by atoms with Crippen molar-refractivity contribution in [3.63, 3.8) is 0 Å². The summed E-state index contributed by atoms with van der Waals surface area (Å²) in [4.78, 5) is 3.80. The van der Waals surface area contributed by atoms with Gasteiger partial charge in [-0.2, -0.15) is 0 Å². The van der Waals surface area contributed by atoms with Gasteiger partial charge in [-0.3, -0.25) is 4.98 Å². The fourth-order valence-corrected chi connectivity index (χ4v) is 1.47. The summed E-state index contributed by atoms with van der Waals surface area (Å²) in [6, 6.07) is 6.27. The van der Waals surface area contributed by atoms with Crippen molar-refractivity contribution in [1.82, 2.24) is 4.98 Å². The molecule has 1 N–H and O–H groups in total. The lowest BCUT2D eigenvalue weighted by Crippen LogP contribution is -1.91. The molecule has 3 nitrogen and oxygen atoms in total. The van der Waals surface area contributed by atoms with Gasteiger partial charge < -0.3 is 9.84 Å². The summed E-state index contributed by atoms with van der Waals surface area (Å²) in [5.74, 6) is -0.294. The van der Waals surface area contributed by atoms with E-state index in [-0.39, 0.29) is 11.5 Å². The number of halogens is 1. The largest absolute Gasteiger partial charge is 0.506 e. The van der Waals surface area contributed by atoms with E-state index >= 15 is 0 Å². The monoisotopic (exact) mass is 219 g/mol. The Morgan fingerprint density at radius 1 is 1.31 bits per heavy atom. The molecule has 2 aromatic rings. The van der Waals surface area contributed by atoms with Gasteiger partial charge in [-0.25, -0.2) is 4.39 Å². The van der Waals surface area contributed by atoms with Crippen LogP contribution in [-0.2, 0) is 0 Å². The Morgan fingerprint density at radius 3 is 2.81 bits per heavy atom. The molecule has 0 fully saturated rings. The van der Waals surface area contributed by atoms with Crippen molar-refractivity contribution < 1.29 is 14.2 Å². The Balaban J connectivity index is 2.56.